The molecule has 3 rings (SSSR count). The molecule has 0 aliphatic rings. The molecule has 0 aliphatic carbocycles. The number of benzene rings is 2. The zero-order valence-electron chi connectivity index (χ0n) is 17.0. The largest absolute Gasteiger partial charge is 0.265 e. The van der Waals surface area contributed by atoms with E-state index in [1.54, 1.807) is 12.1 Å². The Hall–Kier alpha value is -3.17. The van der Waals surface area contributed by atoms with Crippen LogP contribution < -0.4 is 0 Å². The molecular formula is C23H23N3O2S. The highest BCUT2D eigenvalue weighted by molar-refractivity contribution is 7.95. The van der Waals surface area contributed by atoms with Crippen LogP contribution in [-0.4, -0.2) is 18.2 Å². The maximum absolute atomic E-state index is 12.9. The van der Waals surface area contributed by atoms with Crippen LogP contribution in [0.3, 0.4) is 0 Å². The van der Waals surface area contributed by atoms with Gasteiger partial charge in [-0.3, -0.25) is 4.68 Å². The van der Waals surface area contributed by atoms with Crippen LogP contribution in [0.1, 0.15) is 33.6 Å². The fourth-order valence-corrected chi connectivity index (χ4v) is 4.23. The number of hydrogen-bond donors (Lipinski definition) is 0. The minimum absolute atomic E-state index is 0.109. The summed E-state index contributed by atoms with van der Waals surface area (Å²) in [5, 5.41) is 14.1. The second-order valence-corrected chi connectivity index (χ2v) is 9.08. The smallest absolute Gasteiger partial charge is 0.216 e. The van der Waals surface area contributed by atoms with Gasteiger partial charge in [0.05, 0.1) is 17.1 Å². The van der Waals surface area contributed by atoms with Gasteiger partial charge in [-0.15, -0.1) is 0 Å². The number of nitrogens with zero attached hydrogens (tertiary/aromatic N) is 3. The number of aryl methyl sites for hydroxylation is 3. The van der Waals surface area contributed by atoms with Gasteiger partial charge in [0.1, 0.15) is 11.0 Å². The predicted molar refractivity (Wildman–Crippen MR) is 114 cm³/mol. The lowest BCUT2D eigenvalue weighted by Gasteiger charge is -2.06. The molecule has 0 unspecified atom stereocenters. The maximum Gasteiger partial charge on any atom is 0.216 e. The zero-order valence-corrected chi connectivity index (χ0v) is 17.8. The van der Waals surface area contributed by atoms with Crippen molar-refractivity contribution in [1.29, 1.82) is 5.26 Å². The van der Waals surface area contributed by atoms with Gasteiger partial charge in [-0.1, -0.05) is 47.5 Å². The van der Waals surface area contributed by atoms with Crippen LogP contribution >= 0.6 is 0 Å². The number of aromatic nitrogens is 2. The van der Waals surface area contributed by atoms with Gasteiger partial charge in [0.2, 0.25) is 9.84 Å². The second-order valence-electron chi connectivity index (χ2n) is 7.16. The average Bonchev–Trinajstić information content (AvgIpc) is 2.94. The van der Waals surface area contributed by atoms with Crippen LogP contribution in [0.15, 0.2) is 58.3 Å². The van der Waals surface area contributed by atoms with Gasteiger partial charge in [0.15, 0.2) is 0 Å². The topological polar surface area (TPSA) is 75.8 Å². The molecule has 0 atom stereocenters. The van der Waals surface area contributed by atoms with Gasteiger partial charge in [-0.2, -0.15) is 10.4 Å². The Labute approximate surface area is 171 Å². The Morgan fingerprint density at radius 3 is 2.10 bits per heavy atom. The maximum atomic E-state index is 12.9. The summed E-state index contributed by atoms with van der Waals surface area (Å²) >= 11 is 0. The van der Waals surface area contributed by atoms with Crippen LogP contribution in [0, 0.1) is 39.0 Å². The lowest BCUT2D eigenvalue weighted by molar-refractivity contribution is 0.603. The Kier molecular flexibility index (Phi) is 5.71. The molecule has 1 heterocycles. The fourth-order valence-electron chi connectivity index (χ4n) is 3.09. The van der Waals surface area contributed by atoms with E-state index in [0.717, 1.165) is 16.8 Å². The first kappa shape index (κ1) is 20.6. The summed E-state index contributed by atoms with van der Waals surface area (Å²) < 4.78 is 27.7. The van der Waals surface area contributed by atoms with Crippen molar-refractivity contribution in [2.45, 2.75) is 39.1 Å². The molecule has 29 heavy (non-hydrogen) atoms. The molecule has 6 heteroatoms. The average molecular weight is 406 g/mol. The highest BCUT2D eigenvalue weighted by Gasteiger charge is 2.22. The molecule has 0 saturated carbocycles. The van der Waals surface area contributed by atoms with Crippen molar-refractivity contribution in [1.82, 2.24) is 9.78 Å². The third kappa shape index (κ3) is 4.30. The summed E-state index contributed by atoms with van der Waals surface area (Å²) in [6.45, 7) is 8.19. The summed E-state index contributed by atoms with van der Waals surface area (Å²) in [6, 6.07) is 16.5. The minimum atomic E-state index is -3.89. The molecule has 1 aromatic heterocycles. The van der Waals surface area contributed by atoms with Crippen molar-refractivity contribution in [3.8, 4) is 6.07 Å². The first-order valence-electron chi connectivity index (χ1n) is 9.25. The van der Waals surface area contributed by atoms with Gasteiger partial charge in [0, 0.05) is 11.3 Å². The molecule has 0 radical (unpaired) electrons. The quantitative estimate of drug-likeness (QED) is 0.586. The Morgan fingerprint density at radius 1 is 1.00 bits per heavy atom. The molecule has 0 bridgehead atoms. The van der Waals surface area contributed by atoms with Gasteiger partial charge < -0.3 is 0 Å². The van der Waals surface area contributed by atoms with Crippen LogP contribution in [0.25, 0.3) is 6.08 Å². The molecule has 0 aliphatic heterocycles. The highest BCUT2D eigenvalue weighted by atomic mass is 32.2. The molecule has 3 aromatic rings. The van der Waals surface area contributed by atoms with E-state index in [4.69, 9.17) is 0 Å². The first-order chi connectivity index (χ1) is 13.7. The van der Waals surface area contributed by atoms with Gasteiger partial charge in [-0.05, 0) is 51.5 Å². The summed E-state index contributed by atoms with van der Waals surface area (Å²) in [5.74, 6) is 0. The third-order valence-electron chi connectivity index (χ3n) is 4.90. The standard InChI is InChI=1S/C23H23N3O2S/c1-16-5-9-20(10-6-16)15-26-19(4)23(18(3)25-26)13-22(14-24)29(27,28)21-11-7-17(2)8-12-21/h5-13H,15H2,1-4H3/b22-13+. The van der Waals surface area contributed by atoms with Crippen molar-refractivity contribution in [3.05, 3.63) is 87.1 Å². The lowest BCUT2D eigenvalue weighted by atomic mass is 10.1. The van der Waals surface area contributed by atoms with Gasteiger partial charge in [0.25, 0.3) is 0 Å². The van der Waals surface area contributed by atoms with E-state index >= 15 is 0 Å². The monoisotopic (exact) mass is 405 g/mol. The van der Waals surface area contributed by atoms with E-state index in [2.05, 4.69) is 5.10 Å². The third-order valence-corrected chi connectivity index (χ3v) is 6.58. The number of nitriles is 1. The molecular weight excluding hydrogens is 382 g/mol. The number of allylic oxidation sites excluding steroid dienone is 1. The van der Waals surface area contributed by atoms with E-state index in [-0.39, 0.29) is 9.80 Å². The SMILES string of the molecule is Cc1ccc(Cn2nc(C)c(/C=C(\C#N)S(=O)(=O)c3ccc(C)cc3)c2C)cc1. The first-order valence-corrected chi connectivity index (χ1v) is 10.7. The summed E-state index contributed by atoms with van der Waals surface area (Å²) in [6.07, 6.45) is 1.43. The molecule has 0 N–H and O–H groups in total. The molecule has 148 valence electrons. The minimum Gasteiger partial charge on any atom is -0.265 e. The van der Waals surface area contributed by atoms with Crippen LogP contribution in [-0.2, 0) is 16.4 Å². The highest BCUT2D eigenvalue weighted by Crippen LogP contribution is 2.24. The van der Waals surface area contributed by atoms with Crippen LogP contribution in [0.4, 0.5) is 0 Å². The Bertz CT molecular complexity index is 1210. The summed E-state index contributed by atoms with van der Waals surface area (Å²) in [7, 11) is -3.89. The van der Waals surface area contributed by atoms with Gasteiger partial charge >= 0.3 is 0 Å². The van der Waals surface area contributed by atoms with E-state index in [9.17, 15) is 13.7 Å². The second kappa shape index (κ2) is 8.06. The van der Waals surface area contributed by atoms with Crippen molar-refractivity contribution < 1.29 is 8.42 Å². The number of hydrogen-bond acceptors (Lipinski definition) is 4. The molecule has 2 aromatic carbocycles. The Balaban J connectivity index is 2.00. The lowest BCUT2D eigenvalue weighted by Crippen LogP contribution is -2.05. The molecule has 0 saturated heterocycles. The van der Waals surface area contributed by atoms with Gasteiger partial charge in [-0.25, -0.2) is 8.42 Å². The molecule has 0 spiro atoms. The molecule has 5 nitrogen and oxygen atoms in total. The molecule has 0 amide bonds. The van der Waals surface area contributed by atoms with Crippen molar-refractivity contribution in [3.63, 3.8) is 0 Å². The Morgan fingerprint density at radius 2 is 1.55 bits per heavy atom. The predicted octanol–water partition coefficient (Wildman–Crippen LogP) is 4.50. The van der Waals surface area contributed by atoms with Crippen LogP contribution in [0.5, 0.6) is 0 Å². The van der Waals surface area contributed by atoms with Crippen molar-refractivity contribution >= 4 is 15.9 Å². The van der Waals surface area contributed by atoms with Crippen molar-refractivity contribution in [2.75, 3.05) is 0 Å². The number of sulfone groups is 1. The van der Waals surface area contributed by atoms with Crippen LogP contribution in [0.2, 0.25) is 0 Å². The summed E-state index contributed by atoms with van der Waals surface area (Å²) in [5.41, 5.74) is 5.39. The van der Waals surface area contributed by atoms with Crippen molar-refractivity contribution in [2.24, 2.45) is 0 Å². The fraction of sp³-hybridized carbons (Fsp3) is 0.217. The van der Waals surface area contributed by atoms with E-state index < -0.39 is 9.84 Å². The van der Waals surface area contributed by atoms with E-state index in [1.807, 2.05) is 62.7 Å². The number of rotatable bonds is 5. The van der Waals surface area contributed by atoms with E-state index in [1.165, 1.54) is 23.8 Å². The molecule has 0 fully saturated rings. The summed E-state index contributed by atoms with van der Waals surface area (Å²) in [4.78, 5) is -0.180. The van der Waals surface area contributed by atoms with E-state index in [0.29, 0.717) is 17.8 Å². The zero-order chi connectivity index (χ0) is 21.2. The normalized spacial score (nSPS) is 12.0.